The highest BCUT2D eigenvalue weighted by molar-refractivity contribution is 4.74. The van der Waals surface area contributed by atoms with Crippen LogP contribution >= 0.6 is 0 Å². The fourth-order valence-electron chi connectivity index (χ4n) is 0.518. The van der Waals surface area contributed by atoms with Gasteiger partial charge in [-0.25, -0.2) is 5.43 Å². The number of rotatable bonds is 3. The molecule has 0 spiro atoms. The van der Waals surface area contributed by atoms with Gasteiger partial charge < -0.3 is 5.01 Å². The van der Waals surface area contributed by atoms with Crippen LogP contribution in [0.1, 0.15) is 13.8 Å². The number of hydrogen-bond acceptors (Lipinski definition) is 2. The Labute approximate surface area is 51.2 Å². The molecule has 8 heavy (non-hydrogen) atoms. The molecule has 0 aliphatic heterocycles. The zero-order chi connectivity index (χ0) is 6.41. The molecule has 0 aromatic heterocycles. The second kappa shape index (κ2) is 4.65. The van der Waals surface area contributed by atoms with E-state index in [1.165, 1.54) is 0 Å². The summed E-state index contributed by atoms with van der Waals surface area (Å²) in [5, 5.41) is 2.00. The fraction of sp³-hybridized carbons (Fsp3) is 0.667. The molecule has 0 aromatic carbocycles. The van der Waals surface area contributed by atoms with E-state index >= 15 is 0 Å². The van der Waals surface area contributed by atoms with Gasteiger partial charge in [-0.2, -0.15) is 0 Å². The molecule has 2 heteroatoms. The van der Waals surface area contributed by atoms with Crippen molar-refractivity contribution < 1.29 is 0 Å². The summed E-state index contributed by atoms with van der Waals surface area (Å²) in [4.78, 5) is 0. The summed E-state index contributed by atoms with van der Waals surface area (Å²) in [7, 11) is 1.91. The molecule has 0 aliphatic carbocycles. The van der Waals surface area contributed by atoms with Crippen molar-refractivity contribution in [2.24, 2.45) is 0 Å². The van der Waals surface area contributed by atoms with Gasteiger partial charge in [0.15, 0.2) is 0 Å². The minimum Gasteiger partial charge on any atom is -0.317 e. The summed E-state index contributed by atoms with van der Waals surface area (Å²) < 4.78 is 0. The third-order valence-corrected chi connectivity index (χ3v) is 0.957. The van der Waals surface area contributed by atoms with E-state index in [1.807, 2.05) is 31.3 Å². The summed E-state index contributed by atoms with van der Waals surface area (Å²) in [6.07, 6.45) is 4.00. The van der Waals surface area contributed by atoms with Gasteiger partial charge >= 0.3 is 0 Å². The first-order valence-electron chi connectivity index (χ1n) is 2.92. The van der Waals surface area contributed by atoms with E-state index in [-0.39, 0.29) is 0 Å². The Kier molecular flexibility index (Phi) is 4.36. The number of hydrazine groups is 1. The van der Waals surface area contributed by atoms with Crippen LogP contribution in [0, 0.1) is 0 Å². The Hall–Kier alpha value is -0.500. The molecule has 0 aromatic rings. The molecule has 0 bridgehead atoms. The Morgan fingerprint density at radius 1 is 1.62 bits per heavy atom. The van der Waals surface area contributed by atoms with E-state index in [0.717, 1.165) is 6.54 Å². The van der Waals surface area contributed by atoms with Gasteiger partial charge in [-0.3, -0.25) is 0 Å². The van der Waals surface area contributed by atoms with Gasteiger partial charge in [0.25, 0.3) is 0 Å². The van der Waals surface area contributed by atoms with Crippen LogP contribution in [-0.4, -0.2) is 18.6 Å². The third kappa shape index (κ3) is 2.64. The van der Waals surface area contributed by atoms with Crippen molar-refractivity contribution in [1.29, 1.82) is 0 Å². The highest BCUT2D eigenvalue weighted by Gasteiger charge is 1.83. The molecule has 0 rings (SSSR count). The molecule has 0 radical (unpaired) electrons. The lowest BCUT2D eigenvalue weighted by molar-refractivity contribution is 0.314. The summed E-state index contributed by atoms with van der Waals surface area (Å²) in [5.74, 6) is 0. The first kappa shape index (κ1) is 7.50. The topological polar surface area (TPSA) is 15.3 Å². The summed E-state index contributed by atoms with van der Waals surface area (Å²) >= 11 is 0. The maximum Gasteiger partial charge on any atom is 0.0309 e. The van der Waals surface area contributed by atoms with E-state index in [2.05, 4.69) is 12.3 Å². The lowest BCUT2D eigenvalue weighted by Crippen LogP contribution is -2.28. The lowest BCUT2D eigenvalue weighted by atomic mass is 10.6. The first-order valence-corrected chi connectivity index (χ1v) is 2.92. The Bertz CT molecular complexity index is 64.9. The standard InChI is InChI=1S/C6H14N2/c1-4-6-8(5-2)7-3/h4,6-7H,5H2,1-3H3. The minimum atomic E-state index is 1.00. The Morgan fingerprint density at radius 2 is 2.25 bits per heavy atom. The quantitative estimate of drug-likeness (QED) is 0.550. The largest absolute Gasteiger partial charge is 0.317 e. The van der Waals surface area contributed by atoms with Gasteiger partial charge in [-0.05, 0) is 13.8 Å². The number of hydrogen-bond donors (Lipinski definition) is 1. The Balaban J connectivity index is 3.36. The predicted molar refractivity (Wildman–Crippen MR) is 36.3 cm³/mol. The molecule has 0 fully saturated rings. The van der Waals surface area contributed by atoms with Crippen LogP contribution in [0.15, 0.2) is 12.3 Å². The molecule has 48 valence electrons. The van der Waals surface area contributed by atoms with Crippen LogP contribution in [0.3, 0.4) is 0 Å². The summed E-state index contributed by atoms with van der Waals surface area (Å²) in [5.41, 5.74) is 3.00. The molecule has 0 amide bonds. The predicted octanol–water partition coefficient (Wildman–Crippen LogP) is 0.976. The van der Waals surface area contributed by atoms with Crippen molar-refractivity contribution in [1.82, 2.24) is 10.4 Å². The number of nitrogens with one attached hydrogen (secondary N) is 1. The Morgan fingerprint density at radius 3 is 2.38 bits per heavy atom. The molecule has 0 aliphatic rings. The lowest BCUT2D eigenvalue weighted by Gasteiger charge is -2.14. The van der Waals surface area contributed by atoms with Gasteiger partial charge in [-0.1, -0.05) is 6.08 Å². The fourth-order valence-corrected chi connectivity index (χ4v) is 0.518. The van der Waals surface area contributed by atoms with Gasteiger partial charge in [0.05, 0.1) is 0 Å². The normalized spacial score (nSPS) is 10.4. The van der Waals surface area contributed by atoms with Crippen LogP contribution in [0.25, 0.3) is 0 Å². The van der Waals surface area contributed by atoms with E-state index in [4.69, 9.17) is 0 Å². The highest BCUT2D eigenvalue weighted by atomic mass is 15.5. The molecule has 0 unspecified atom stereocenters. The number of nitrogens with zero attached hydrogens (tertiary/aromatic N) is 1. The molecule has 0 heterocycles. The maximum atomic E-state index is 3.00. The third-order valence-electron chi connectivity index (χ3n) is 0.957. The molecule has 0 saturated heterocycles. The van der Waals surface area contributed by atoms with Gasteiger partial charge in [0.2, 0.25) is 0 Å². The summed E-state index contributed by atoms with van der Waals surface area (Å²) in [6.45, 7) is 5.09. The number of allylic oxidation sites excluding steroid dienone is 1. The van der Waals surface area contributed by atoms with Crippen molar-refractivity contribution in [3.63, 3.8) is 0 Å². The zero-order valence-corrected chi connectivity index (χ0v) is 5.81. The summed E-state index contributed by atoms with van der Waals surface area (Å²) in [6, 6.07) is 0. The molecule has 0 atom stereocenters. The average molecular weight is 114 g/mol. The monoisotopic (exact) mass is 114 g/mol. The second-order valence-corrected chi connectivity index (χ2v) is 1.49. The van der Waals surface area contributed by atoms with E-state index < -0.39 is 0 Å². The van der Waals surface area contributed by atoms with Crippen LogP contribution in [0.2, 0.25) is 0 Å². The van der Waals surface area contributed by atoms with E-state index in [1.54, 1.807) is 0 Å². The second-order valence-electron chi connectivity index (χ2n) is 1.49. The van der Waals surface area contributed by atoms with Crippen LogP contribution in [0.5, 0.6) is 0 Å². The van der Waals surface area contributed by atoms with Gasteiger partial charge in [-0.15, -0.1) is 0 Å². The average Bonchev–Trinajstić information content (AvgIpc) is 1.83. The molecular formula is C6H14N2. The van der Waals surface area contributed by atoms with Crippen LogP contribution < -0.4 is 5.43 Å². The van der Waals surface area contributed by atoms with Crippen molar-refractivity contribution >= 4 is 0 Å². The van der Waals surface area contributed by atoms with Gasteiger partial charge in [0, 0.05) is 19.8 Å². The van der Waals surface area contributed by atoms with Gasteiger partial charge in [0.1, 0.15) is 0 Å². The molecular weight excluding hydrogens is 100 g/mol. The minimum absolute atomic E-state index is 1.00. The maximum absolute atomic E-state index is 3.00. The van der Waals surface area contributed by atoms with Crippen LogP contribution in [-0.2, 0) is 0 Å². The first-order chi connectivity index (χ1) is 3.85. The van der Waals surface area contributed by atoms with Crippen molar-refractivity contribution in [3.05, 3.63) is 12.3 Å². The van der Waals surface area contributed by atoms with Crippen molar-refractivity contribution in [3.8, 4) is 0 Å². The smallest absolute Gasteiger partial charge is 0.0309 e. The SMILES string of the molecule is CC=CN(CC)NC. The highest BCUT2D eigenvalue weighted by Crippen LogP contribution is 1.79. The van der Waals surface area contributed by atoms with Crippen LogP contribution in [0.4, 0.5) is 0 Å². The van der Waals surface area contributed by atoms with E-state index in [9.17, 15) is 0 Å². The van der Waals surface area contributed by atoms with Crippen molar-refractivity contribution in [2.75, 3.05) is 13.6 Å². The molecule has 2 nitrogen and oxygen atoms in total. The van der Waals surface area contributed by atoms with Crippen molar-refractivity contribution in [2.45, 2.75) is 13.8 Å². The zero-order valence-electron chi connectivity index (χ0n) is 5.81. The van der Waals surface area contributed by atoms with E-state index in [0.29, 0.717) is 0 Å². The molecule has 1 N–H and O–H groups in total. The molecule has 0 saturated carbocycles.